The van der Waals surface area contributed by atoms with Crippen LogP contribution in [0.2, 0.25) is 0 Å². The third kappa shape index (κ3) is 28.7. The second kappa shape index (κ2) is 36.1. The molecule has 1 fully saturated rings. The third-order valence-electron chi connectivity index (χ3n) is 11.1. The molecule has 0 aromatic heterocycles. The number of hydrogen-bond donors (Lipinski definition) is 7. The normalized spacial score (nSPS) is 21.7. The molecule has 14 heteroatoms. The van der Waals surface area contributed by atoms with Gasteiger partial charge in [-0.1, -0.05) is 186 Å². The van der Waals surface area contributed by atoms with E-state index in [4.69, 9.17) is 14.0 Å². The fourth-order valence-corrected chi connectivity index (χ4v) is 7.87. The first-order valence-electron chi connectivity index (χ1n) is 23.3. The minimum Gasteiger partial charge on any atom is -0.394 e. The summed E-state index contributed by atoms with van der Waals surface area (Å²) in [5.74, 6) is -0.712. The molecule has 1 amide bonds. The summed E-state index contributed by atoms with van der Waals surface area (Å²) in [7, 11) is -5.12. The number of rotatable bonds is 39. The zero-order valence-corrected chi connectivity index (χ0v) is 37.5. The van der Waals surface area contributed by atoms with Gasteiger partial charge in [0.25, 0.3) is 0 Å². The molecule has 0 saturated carbocycles. The number of unbranched alkanes of at least 4 members (excludes halogenated alkanes) is 24. The van der Waals surface area contributed by atoms with Crippen LogP contribution in [0.25, 0.3) is 0 Å². The highest BCUT2D eigenvalue weighted by molar-refractivity contribution is 7.80. The average Bonchev–Trinajstić information content (AvgIpc) is 3.20. The molecule has 1 saturated heterocycles. The molecule has 0 aromatic rings. The van der Waals surface area contributed by atoms with Crippen LogP contribution in [0.3, 0.4) is 0 Å². The van der Waals surface area contributed by atoms with E-state index in [2.05, 4.69) is 35.5 Å². The van der Waals surface area contributed by atoms with Crippen LogP contribution in [0.4, 0.5) is 0 Å². The van der Waals surface area contributed by atoms with E-state index in [1.807, 2.05) is 0 Å². The van der Waals surface area contributed by atoms with Gasteiger partial charge >= 0.3 is 10.4 Å². The SMILES string of the molecule is CCCCC/C=C/CC/C=C/C(O)C(COC1OC(CO)C(O)C(OS(=O)(=O)O)C1O)NC(=O)C(O)CCCCCCCCCCCCCCCCCCCCCCC. The predicted octanol–water partition coefficient (Wildman–Crippen LogP) is 7.91. The Bertz CT molecular complexity index is 1170. The lowest BCUT2D eigenvalue weighted by Gasteiger charge is -2.41. The van der Waals surface area contributed by atoms with Gasteiger partial charge in [0.05, 0.1) is 25.4 Å². The van der Waals surface area contributed by atoms with E-state index in [1.165, 1.54) is 122 Å². The first kappa shape index (κ1) is 55.6. The van der Waals surface area contributed by atoms with Crippen molar-refractivity contribution in [3.05, 3.63) is 24.3 Å². The lowest BCUT2D eigenvalue weighted by atomic mass is 9.99. The number of amides is 1. The molecule has 0 aromatic carbocycles. The molecule has 13 nitrogen and oxygen atoms in total. The summed E-state index contributed by atoms with van der Waals surface area (Å²) < 4.78 is 47.3. The highest BCUT2D eigenvalue weighted by atomic mass is 32.3. The number of hydrogen-bond acceptors (Lipinski definition) is 11. The van der Waals surface area contributed by atoms with Crippen molar-refractivity contribution in [2.24, 2.45) is 0 Å². The van der Waals surface area contributed by atoms with Gasteiger partial charge in [0, 0.05) is 0 Å². The van der Waals surface area contributed by atoms with Gasteiger partial charge < -0.3 is 40.3 Å². The fourth-order valence-electron chi connectivity index (χ4n) is 7.36. The molecule has 1 aliphatic rings. The van der Waals surface area contributed by atoms with Gasteiger partial charge in [0.1, 0.15) is 30.5 Å². The first-order chi connectivity index (χ1) is 28.4. The summed E-state index contributed by atoms with van der Waals surface area (Å²) in [6, 6.07) is -1.13. The Hall–Kier alpha value is -1.46. The van der Waals surface area contributed by atoms with Crippen LogP contribution in [-0.4, -0.2) is 107 Å². The molecule has 8 atom stereocenters. The van der Waals surface area contributed by atoms with Crippen molar-refractivity contribution < 1.29 is 57.0 Å². The maximum Gasteiger partial charge on any atom is 0.397 e. The molecule has 0 bridgehead atoms. The predicted molar refractivity (Wildman–Crippen MR) is 233 cm³/mol. The van der Waals surface area contributed by atoms with Gasteiger partial charge in [0.2, 0.25) is 5.91 Å². The number of aliphatic hydroxyl groups is 5. The Labute approximate surface area is 357 Å². The summed E-state index contributed by atoms with van der Waals surface area (Å²) in [4.78, 5) is 13.1. The van der Waals surface area contributed by atoms with E-state index in [0.29, 0.717) is 12.8 Å². The molecule has 8 unspecified atom stereocenters. The number of allylic oxidation sites excluding steroid dienone is 3. The van der Waals surface area contributed by atoms with Crippen LogP contribution in [0, 0.1) is 0 Å². The Kier molecular flexibility index (Phi) is 34.0. The van der Waals surface area contributed by atoms with Crippen LogP contribution in [0.15, 0.2) is 24.3 Å². The van der Waals surface area contributed by atoms with Crippen molar-refractivity contribution in [3.8, 4) is 0 Å². The molecular formula is C45H85NO12S. The van der Waals surface area contributed by atoms with Gasteiger partial charge in [-0.3, -0.25) is 9.35 Å². The van der Waals surface area contributed by atoms with E-state index in [9.17, 15) is 38.7 Å². The van der Waals surface area contributed by atoms with E-state index >= 15 is 0 Å². The quantitative estimate of drug-likeness (QED) is 0.0179. The first-order valence-corrected chi connectivity index (χ1v) is 24.7. The van der Waals surface area contributed by atoms with E-state index < -0.39 is 78.5 Å². The smallest absolute Gasteiger partial charge is 0.394 e. The minimum atomic E-state index is -5.12. The number of aliphatic hydroxyl groups excluding tert-OH is 5. The third-order valence-corrected chi connectivity index (χ3v) is 11.6. The van der Waals surface area contributed by atoms with Crippen molar-refractivity contribution in [2.45, 2.75) is 243 Å². The Morgan fingerprint density at radius 2 is 1.14 bits per heavy atom. The Morgan fingerprint density at radius 1 is 0.678 bits per heavy atom. The molecule has 1 heterocycles. The molecule has 59 heavy (non-hydrogen) atoms. The summed E-state index contributed by atoms with van der Waals surface area (Å²) in [6.07, 6.45) is 28.7. The Morgan fingerprint density at radius 3 is 1.63 bits per heavy atom. The lowest BCUT2D eigenvalue weighted by molar-refractivity contribution is -0.298. The molecule has 348 valence electrons. The van der Waals surface area contributed by atoms with E-state index in [0.717, 1.165) is 44.9 Å². The molecular weight excluding hydrogens is 779 g/mol. The molecule has 7 N–H and O–H groups in total. The molecule has 0 radical (unpaired) electrons. The lowest BCUT2D eigenvalue weighted by Crippen LogP contribution is -2.61. The topological polar surface area (TPSA) is 212 Å². The second-order valence-corrected chi connectivity index (χ2v) is 17.5. The zero-order valence-electron chi connectivity index (χ0n) is 36.7. The molecule has 0 spiro atoms. The van der Waals surface area contributed by atoms with E-state index in [1.54, 1.807) is 6.08 Å². The second-order valence-electron chi connectivity index (χ2n) is 16.5. The summed E-state index contributed by atoms with van der Waals surface area (Å²) in [5.41, 5.74) is 0. The van der Waals surface area contributed by atoms with Crippen molar-refractivity contribution in [1.82, 2.24) is 5.32 Å². The zero-order chi connectivity index (χ0) is 43.6. The number of nitrogens with one attached hydrogen (secondary N) is 1. The highest BCUT2D eigenvalue weighted by Gasteiger charge is 2.48. The average molecular weight is 864 g/mol. The van der Waals surface area contributed by atoms with Gasteiger partial charge in [-0.05, 0) is 32.1 Å². The monoisotopic (exact) mass is 864 g/mol. The summed E-state index contributed by atoms with van der Waals surface area (Å²) in [5, 5.41) is 55.0. The van der Waals surface area contributed by atoms with Crippen molar-refractivity contribution in [1.29, 1.82) is 0 Å². The van der Waals surface area contributed by atoms with Gasteiger partial charge in [-0.15, -0.1) is 0 Å². The van der Waals surface area contributed by atoms with Crippen molar-refractivity contribution in [3.63, 3.8) is 0 Å². The van der Waals surface area contributed by atoms with Crippen molar-refractivity contribution >= 4 is 16.3 Å². The van der Waals surface area contributed by atoms with Crippen LogP contribution in [0.1, 0.15) is 194 Å². The van der Waals surface area contributed by atoms with E-state index in [-0.39, 0.29) is 6.42 Å². The van der Waals surface area contributed by atoms with Crippen LogP contribution in [-0.2, 0) is 28.9 Å². The molecule has 0 aliphatic carbocycles. The van der Waals surface area contributed by atoms with Gasteiger partial charge in [0.15, 0.2) is 6.29 Å². The fraction of sp³-hybridized carbons (Fsp3) is 0.889. The van der Waals surface area contributed by atoms with Crippen LogP contribution < -0.4 is 5.32 Å². The number of carbonyl (C=O) groups excluding carboxylic acids is 1. The Balaban J connectivity index is 2.46. The summed E-state index contributed by atoms with van der Waals surface area (Å²) in [6.45, 7) is 3.14. The number of ether oxygens (including phenoxy) is 2. The van der Waals surface area contributed by atoms with Crippen LogP contribution >= 0.6 is 0 Å². The maximum atomic E-state index is 13.1. The van der Waals surface area contributed by atoms with Crippen LogP contribution in [0.5, 0.6) is 0 Å². The largest absolute Gasteiger partial charge is 0.397 e. The molecule has 1 aliphatic heterocycles. The molecule has 1 rings (SSSR count). The maximum absolute atomic E-state index is 13.1. The van der Waals surface area contributed by atoms with Gasteiger partial charge in [-0.2, -0.15) is 8.42 Å². The van der Waals surface area contributed by atoms with Crippen molar-refractivity contribution in [2.75, 3.05) is 13.2 Å². The van der Waals surface area contributed by atoms with Gasteiger partial charge in [-0.25, -0.2) is 4.18 Å². The summed E-state index contributed by atoms with van der Waals surface area (Å²) >= 11 is 0. The minimum absolute atomic E-state index is 0.240. The number of carbonyl (C=O) groups is 1. The highest BCUT2D eigenvalue weighted by Crippen LogP contribution is 2.26. The standard InChI is InChI=1S/C45H85NO12S/c1-3-5-7-9-11-13-14-15-16-17-18-19-20-21-22-23-24-26-28-30-32-34-39(49)44(52)46-37(38(48)33-31-29-27-25-12-10-8-6-4-2)36-56-45-42(51)43(58-59(53,54)55)41(50)40(35-47)57-45/h12,25,31,33,37-43,45,47-51H,3-11,13-24,26-30,32,34-36H2,1-2H3,(H,46,52)(H,53,54,55)/b25-12+,33-31+.